The van der Waals surface area contributed by atoms with Crippen molar-refractivity contribution in [3.8, 4) is 0 Å². The van der Waals surface area contributed by atoms with Gasteiger partial charge in [-0.1, -0.05) is 212 Å². The largest absolute Gasteiger partial charge is 0.480 e. The van der Waals surface area contributed by atoms with E-state index >= 15 is 0 Å². The van der Waals surface area contributed by atoms with Crippen molar-refractivity contribution in [2.45, 2.75) is 264 Å². The summed E-state index contributed by atoms with van der Waals surface area (Å²) in [5, 5.41) is 21.9. The average molecular weight is 888 g/mol. The van der Waals surface area contributed by atoms with Crippen LogP contribution in [0.3, 0.4) is 0 Å². The second kappa shape index (κ2) is 44.8. The van der Waals surface area contributed by atoms with E-state index in [0.717, 1.165) is 44.9 Å². The smallest absolute Gasteiger partial charge is 0.472 e. The SMILES string of the molecule is CCCCCCCCC/C=C\CCCCCCCCCC(=O)OCC(O)COP(=O)(O)OCC(NC(=O)CCCCCCCCCCCCCCCCCCCCC)C(=O)O. The summed E-state index contributed by atoms with van der Waals surface area (Å²) in [6.45, 7) is 2.63. The monoisotopic (exact) mass is 888 g/mol. The third-order valence-corrected chi connectivity index (χ3v) is 12.3. The summed E-state index contributed by atoms with van der Waals surface area (Å²) in [6.07, 6.45) is 46.6. The Morgan fingerprint density at radius 3 is 1.25 bits per heavy atom. The highest BCUT2D eigenvalue weighted by molar-refractivity contribution is 7.47. The Balaban J connectivity index is 3.81. The number of phosphoric ester groups is 1. The molecule has 0 saturated carbocycles. The van der Waals surface area contributed by atoms with Crippen LogP contribution >= 0.6 is 7.82 Å². The van der Waals surface area contributed by atoms with Crippen molar-refractivity contribution in [2.24, 2.45) is 0 Å². The van der Waals surface area contributed by atoms with Gasteiger partial charge in [0.25, 0.3) is 0 Å². The highest BCUT2D eigenvalue weighted by Crippen LogP contribution is 2.43. The summed E-state index contributed by atoms with van der Waals surface area (Å²) in [5.41, 5.74) is 0. The lowest BCUT2D eigenvalue weighted by Crippen LogP contribution is -2.43. The quantitative estimate of drug-likeness (QED) is 0.0200. The molecule has 0 aromatic rings. The number of unbranched alkanes of at least 4 members (excludes halogenated alkanes) is 32. The molecule has 0 saturated heterocycles. The Labute approximate surface area is 373 Å². The number of aliphatic hydroxyl groups excluding tert-OH is 1. The molecule has 4 N–H and O–H groups in total. The number of carboxylic acid groups (broad SMARTS) is 1. The Morgan fingerprint density at radius 2 is 0.852 bits per heavy atom. The van der Waals surface area contributed by atoms with E-state index in [1.165, 1.54) is 167 Å². The van der Waals surface area contributed by atoms with Crippen LogP contribution in [0.4, 0.5) is 0 Å². The predicted octanol–water partition coefficient (Wildman–Crippen LogP) is 13.6. The number of carbonyl (C=O) groups is 3. The Kier molecular flexibility index (Phi) is 43.5. The number of hydrogen-bond acceptors (Lipinski definition) is 8. The molecule has 0 aromatic heterocycles. The number of hydrogen-bond donors (Lipinski definition) is 4. The van der Waals surface area contributed by atoms with Gasteiger partial charge in [-0.2, -0.15) is 0 Å². The van der Waals surface area contributed by atoms with Crippen LogP contribution in [-0.2, 0) is 32.7 Å². The fourth-order valence-corrected chi connectivity index (χ4v) is 8.14. The first kappa shape index (κ1) is 59.2. The highest BCUT2D eigenvalue weighted by Gasteiger charge is 2.28. The van der Waals surface area contributed by atoms with Gasteiger partial charge in [-0.25, -0.2) is 9.36 Å². The molecule has 1 amide bonds. The van der Waals surface area contributed by atoms with Gasteiger partial charge in [0.05, 0.1) is 13.2 Å². The second-order valence-electron chi connectivity index (χ2n) is 17.4. The molecule has 12 heteroatoms. The van der Waals surface area contributed by atoms with Crippen LogP contribution in [0.5, 0.6) is 0 Å². The summed E-state index contributed by atoms with van der Waals surface area (Å²) < 4.78 is 26.9. The zero-order valence-electron chi connectivity index (χ0n) is 39.2. The summed E-state index contributed by atoms with van der Waals surface area (Å²) in [4.78, 5) is 46.1. The van der Waals surface area contributed by atoms with Crippen LogP contribution in [0.25, 0.3) is 0 Å². The number of allylic oxidation sites excluding steroid dienone is 2. The van der Waals surface area contributed by atoms with Crippen molar-refractivity contribution < 1.29 is 47.8 Å². The van der Waals surface area contributed by atoms with Crippen LogP contribution < -0.4 is 5.32 Å². The number of carbonyl (C=O) groups excluding carboxylic acids is 2. The molecule has 0 rings (SSSR count). The fourth-order valence-electron chi connectivity index (χ4n) is 7.37. The van der Waals surface area contributed by atoms with E-state index in [1.807, 2.05) is 0 Å². The Bertz CT molecular complexity index is 1090. The minimum Gasteiger partial charge on any atom is -0.480 e. The highest BCUT2D eigenvalue weighted by atomic mass is 31.2. The predicted molar refractivity (Wildman–Crippen MR) is 250 cm³/mol. The van der Waals surface area contributed by atoms with Gasteiger partial charge in [0.2, 0.25) is 5.91 Å². The number of phosphoric acid groups is 1. The van der Waals surface area contributed by atoms with Crippen molar-refractivity contribution in [1.82, 2.24) is 5.32 Å². The molecule has 0 aliphatic carbocycles. The first-order valence-corrected chi connectivity index (χ1v) is 26.7. The lowest BCUT2D eigenvalue weighted by atomic mass is 10.0. The summed E-state index contributed by atoms with van der Waals surface area (Å²) in [6, 6.07) is -1.54. The minimum absolute atomic E-state index is 0.151. The van der Waals surface area contributed by atoms with E-state index < -0.39 is 57.6 Å². The standard InChI is InChI=1S/C49H94NO10P/c1-3-5-7-9-11-13-15-17-19-21-23-24-26-28-30-32-34-36-38-40-47(52)50-46(49(54)55)44-60-61(56,57)59-43-45(51)42-58-48(53)41-39-37-35-33-31-29-27-25-22-20-18-16-14-12-10-8-6-4-2/h20,22,45-46,51H,3-19,21,23-44H2,1-2H3,(H,50,52)(H,54,55)(H,56,57)/b22-20-. The zero-order valence-corrected chi connectivity index (χ0v) is 40.1. The van der Waals surface area contributed by atoms with Gasteiger partial charge >= 0.3 is 19.8 Å². The lowest BCUT2D eigenvalue weighted by Gasteiger charge is -2.18. The molecular formula is C49H94NO10P. The van der Waals surface area contributed by atoms with Crippen LogP contribution in [-0.4, -0.2) is 64.9 Å². The average Bonchev–Trinajstić information content (AvgIpc) is 3.24. The minimum atomic E-state index is -4.76. The molecular weight excluding hydrogens is 794 g/mol. The van der Waals surface area contributed by atoms with E-state index in [-0.39, 0.29) is 12.8 Å². The van der Waals surface area contributed by atoms with Crippen LogP contribution in [0.15, 0.2) is 12.2 Å². The maximum absolute atomic E-state index is 12.4. The summed E-state index contributed by atoms with van der Waals surface area (Å²) >= 11 is 0. The maximum atomic E-state index is 12.4. The Hall–Kier alpha value is -1.78. The third kappa shape index (κ3) is 44.6. The molecule has 0 aliphatic rings. The van der Waals surface area contributed by atoms with Gasteiger partial charge in [0, 0.05) is 12.8 Å². The number of aliphatic hydroxyl groups is 1. The molecule has 360 valence electrons. The number of ether oxygens (including phenoxy) is 1. The van der Waals surface area contributed by atoms with Gasteiger partial charge in [0.1, 0.15) is 12.7 Å². The Morgan fingerprint density at radius 1 is 0.508 bits per heavy atom. The van der Waals surface area contributed by atoms with Gasteiger partial charge in [-0.15, -0.1) is 0 Å². The molecule has 0 spiro atoms. The molecule has 3 atom stereocenters. The number of aliphatic carboxylic acids is 1. The topological polar surface area (TPSA) is 169 Å². The fraction of sp³-hybridized carbons (Fsp3) is 0.898. The first-order chi connectivity index (χ1) is 29.6. The van der Waals surface area contributed by atoms with E-state index in [9.17, 15) is 34.1 Å². The van der Waals surface area contributed by atoms with Crippen molar-refractivity contribution in [3.63, 3.8) is 0 Å². The van der Waals surface area contributed by atoms with Crippen LogP contribution in [0.1, 0.15) is 251 Å². The molecule has 0 heterocycles. The van der Waals surface area contributed by atoms with Crippen molar-refractivity contribution in [2.75, 3.05) is 19.8 Å². The molecule has 0 bridgehead atoms. The molecule has 0 aromatic carbocycles. The normalized spacial score (nSPS) is 13.6. The zero-order chi connectivity index (χ0) is 44.9. The van der Waals surface area contributed by atoms with Gasteiger partial charge in [-0.3, -0.25) is 18.6 Å². The van der Waals surface area contributed by atoms with Crippen LogP contribution in [0, 0.1) is 0 Å². The van der Waals surface area contributed by atoms with Gasteiger partial charge in [-0.05, 0) is 38.5 Å². The molecule has 11 nitrogen and oxygen atoms in total. The van der Waals surface area contributed by atoms with Crippen molar-refractivity contribution >= 4 is 25.7 Å². The van der Waals surface area contributed by atoms with E-state index in [4.69, 9.17) is 13.8 Å². The summed E-state index contributed by atoms with van der Waals surface area (Å²) in [5.74, 6) is -2.36. The lowest BCUT2D eigenvalue weighted by molar-refractivity contribution is -0.147. The van der Waals surface area contributed by atoms with E-state index in [2.05, 4.69) is 31.3 Å². The summed E-state index contributed by atoms with van der Waals surface area (Å²) in [7, 11) is -4.76. The van der Waals surface area contributed by atoms with E-state index in [1.54, 1.807) is 0 Å². The number of carboxylic acids is 1. The van der Waals surface area contributed by atoms with E-state index in [0.29, 0.717) is 12.8 Å². The van der Waals surface area contributed by atoms with Crippen LogP contribution in [0.2, 0.25) is 0 Å². The maximum Gasteiger partial charge on any atom is 0.472 e. The molecule has 0 radical (unpaired) electrons. The third-order valence-electron chi connectivity index (χ3n) is 11.3. The molecule has 0 aliphatic heterocycles. The van der Waals surface area contributed by atoms with Crippen molar-refractivity contribution in [3.05, 3.63) is 12.2 Å². The number of nitrogens with one attached hydrogen (secondary N) is 1. The number of esters is 1. The second-order valence-corrected chi connectivity index (χ2v) is 18.8. The molecule has 0 fully saturated rings. The van der Waals surface area contributed by atoms with Gasteiger partial charge < -0.3 is 25.2 Å². The van der Waals surface area contributed by atoms with Crippen molar-refractivity contribution in [1.29, 1.82) is 0 Å². The van der Waals surface area contributed by atoms with Gasteiger partial charge in [0.15, 0.2) is 6.04 Å². The number of amides is 1. The molecule has 61 heavy (non-hydrogen) atoms. The number of rotatable bonds is 48. The molecule has 3 unspecified atom stereocenters. The first-order valence-electron chi connectivity index (χ1n) is 25.2.